The topological polar surface area (TPSA) is 274 Å². The number of likely N-dealkylation sites (N-methyl/N-ethyl adjacent to an activating group) is 2. The minimum absolute atomic E-state index is 0.0496. The van der Waals surface area contributed by atoms with E-state index in [1.165, 1.54) is 187 Å². The molecule has 5 heterocycles. The minimum Gasteiger partial charge on any atom is -0.494 e. The van der Waals surface area contributed by atoms with Gasteiger partial charge >= 0.3 is 0 Å². The summed E-state index contributed by atoms with van der Waals surface area (Å²) in [5, 5.41) is 18.8. The molecule has 11 rings (SSSR count). The van der Waals surface area contributed by atoms with E-state index in [0.29, 0.717) is 64.8 Å². The molecule has 10 N–H and O–H groups in total. The first-order valence-corrected chi connectivity index (χ1v) is 34.0. The molecule has 6 aromatic rings. The van der Waals surface area contributed by atoms with Crippen molar-refractivity contribution in [3.05, 3.63) is 87.9 Å². The average Bonchev–Trinajstić information content (AvgIpc) is 1.91. The number of nitrogens with one attached hydrogen (secondary N) is 6. The van der Waals surface area contributed by atoms with Crippen molar-refractivity contribution in [2.45, 2.75) is 148 Å². The number of aromatic nitrogens is 9. The van der Waals surface area contributed by atoms with E-state index in [1.54, 1.807) is 24.3 Å². The average molecular weight is 1350 g/mol. The van der Waals surface area contributed by atoms with Gasteiger partial charge in [0.15, 0.2) is 34.7 Å². The molecule has 3 saturated carbocycles. The first-order chi connectivity index (χ1) is 45.2. The van der Waals surface area contributed by atoms with E-state index in [2.05, 4.69) is 100 Å². The van der Waals surface area contributed by atoms with Gasteiger partial charge in [-0.15, -0.1) is 0 Å². The Morgan fingerprint density at radius 3 is 1.11 bits per heavy atom. The zero-order valence-corrected chi connectivity index (χ0v) is 56.7. The van der Waals surface area contributed by atoms with E-state index in [-0.39, 0.29) is 45.0 Å². The van der Waals surface area contributed by atoms with E-state index >= 15 is 0 Å². The van der Waals surface area contributed by atoms with Crippen LogP contribution in [0.15, 0.2) is 54.6 Å². The van der Waals surface area contributed by atoms with E-state index in [1.807, 2.05) is 0 Å². The predicted molar refractivity (Wildman–Crippen MR) is 367 cm³/mol. The van der Waals surface area contributed by atoms with Crippen molar-refractivity contribution < 1.29 is 27.4 Å². The lowest BCUT2D eigenvalue weighted by Gasteiger charge is -2.23. The molecule has 28 heteroatoms. The molecule has 3 aliphatic carbocycles. The molecule has 2 unspecified atom stereocenters. The number of nitrogens with zero attached hydrogens (tertiary/aromatic N) is 11. The summed E-state index contributed by atoms with van der Waals surface area (Å²) in [6.07, 6.45) is 24.8. The fourth-order valence-electron chi connectivity index (χ4n) is 12.1. The zero-order chi connectivity index (χ0) is 66.3. The number of halogens is 6. The molecule has 2 atom stereocenters. The van der Waals surface area contributed by atoms with Gasteiger partial charge in [0.25, 0.3) is 0 Å². The van der Waals surface area contributed by atoms with Gasteiger partial charge in [-0.05, 0) is 186 Å². The Kier molecular flexibility index (Phi) is 31.7. The maximum absolute atomic E-state index is 14.2. The van der Waals surface area contributed by atoms with Crippen LogP contribution < -0.4 is 57.6 Å². The van der Waals surface area contributed by atoms with Crippen LogP contribution in [0.4, 0.5) is 65.9 Å². The molecular formula is C65H95Cl3F3N19O3. The van der Waals surface area contributed by atoms with Crippen molar-refractivity contribution in [2.75, 3.05) is 112 Å². The highest BCUT2D eigenvalue weighted by Crippen LogP contribution is 2.30. The number of benzene rings is 3. The third-order valence-electron chi connectivity index (χ3n) is 17.2. The Hall–Kier alpha value is -6.61. The standard InChI is InChI=1S/C24H36FN7O.C17H21ClFN5O.C10H7Cl2FN4O.C7H16N2.C7H15N/c1-3-32-13-7-10-19(32)16-27-23-29-22(26-15-17-8-5-4-6-9-17)30-24(31-23)28-18-11-12-21(33-2)20(25)14-18;1-25-14-8-7-12(9-13(14)19)21-17-23-15(18)22-16(24-17)20-10-11-5-3-2-4-6-11;1-18-7-3-2-5(4-6(7)13)14-10-16-8(11)15-9(12)17-10;1-2-9-5-3-4-7(9)6-8;8-6-7-4-2-1-3-5-7/h11-12,14,17,19H,3-10,13,15-16H2,1-2H3,(H3,26,27,28,29,30,31);7-9,11H,2-6,10H2,1H3,(H2,20,21,22,23,24);2-4H,1H3,(H,14,15,16,17);7H,2-6,8H2,1H3;7H,1-6,8H2. The summed E-state index contributed by atoms with van der Waals surface area (Å²) in [4.78, 5) is 42.3. The molecule has 0 bridgehead atoms. The zero-order valence-electron chi connectivity index (χ0n) is 54.4. The van der Waals surface area contributed by atoms with E-state index in [9.17, 15) is 13.2 Å². The molecule has 2 aliphatic heterocycles. The van der Waals surface area contributed by atoms with Crippen molar-refractivity contribution in [2.24, 2.45) is 29.2 Å². The molecule has 5 fully saturated rings. The third-order valence-corrected chi connectivity index (χ3v) is 17.7. The summed E-state index contributed by atoms with van der Waals surface area (Å²) in [7, 11) is 4.25. The van der Waals surface area contributed by atoms with Crippen LogP contribution in [0.3, 0.4) is 0 Å². The van der Waals surface area contributed by atoms with Gasteiger partial charge in [0, 0.05) is 73.5 Å². The second kappa shape index (κ2) is 39.9. The van der Waals surface area contributed by atoms with Crippen molar-refractivity contribution >= 4 is 87.6 Å². The van der Waals surface area contributed by atoms with Gasteiger partial charge in [-0.1, -0.05) is 71.6 Å². The molecule has 0 spiro atoms. The number of rotatable bonds is 22. The number of methoxy groups -OCH3 is 3. The summed E-state index contributed by atoms with van der Waals surface area (Å²) in [5.74, 6) is 3.50. The molecule has 93 heavy (non-hydrogen) atoms. The SMILES string of the molecule is CCN1CCCC1CN.CCN1CCCC1CNc1nc(NCC2CCCCC2)nc(Nc2ccc(OC)c(F)c2)n1.COc1ccc(Nc2nc(Cl)nc(Cl)n2)cc1F.COc1ccc(Nc2nc(Cl)nc(NCC3CCCCC3)n2)cc1F.NCC1CCCCC1. The fourth-order valence-corrected chi connectivity index (χ4v) is 12.6. The second-order valence-corrected chi connectivity index (χ2v) is 24.7. The monoisotopic (exact) mass is 1350 g/mol. The Labute approximate surface area is 561 Å². The molecule has 2 saturated heterocycles. The summed E-state index contributed by atoms with van der Waals surface area (Å²) in [6, 6.07) is 14.7. The number of anilines is 9. The second-order valence-electron chi connectivity index (χ2n) is 23.7. The van der Waals surface area contributed by atoms with Crippen LogP contribution in [0.25, 0.3) is 0 Å². The van der Waals surface area contributed by atoms with E-state index in [4.69, 9.17) is 60.5 Å². The van der Waals surface area contributed by atoms with Gasteiger partial charge in [0.2, 0.25) is 51.5 Å². The molecule has 22 nitrogen and oxygen atoms in total. The van der Waals surface area contributed by atoms with Crippen LogP contribution >= 0.6 is 34.8 Å². The van der Waals surface area contributed by atoms with E-state index in [0.717, 1.165) is 51.7 Å². The molecule has 3 aromatic carbocycles. The van der Waals surface area contributed by atoms with Crippen LogP contribution in [-0.2, 0) is 0 Å². The van der Waals surface area contributed by atoms with Crippen LogP contribution in [-0.4, -0.2) is 147 Å². The first kappa shape index (κ1) is 73.8. The summed E-state index contributed by atoms with van der Waals surface area (Å²) < 4.78 is 56.1. The number of ether oxygens (including phenoxy) is 3. The lowest BCUT2D eigenvalue weighted by Crippen LogP contribution is -2.35. The Bertz CT molecular complexity index is 3140. The van der Waals surface area contributed by atoms with Gasteiger partial charge in [-0.2, -0.15) is 44.9 Å². The normalized spacial score (nSPS) is 17.8. The van der Waals surface area contributed by atoms with Gasteiger partial charge in [0.05, 0.1) is 21.3 Å². The lowest BCUT2D eigenvalue weighted by atomic mass is 9.89. The Balaban J connectivity index is 0.000000180. The van der Waals surface area contributed by atoms with Gasteiger partial charge in [-0.25, -0.2) is 13.2 Å². The number of nitrogens with two attached hydrogens (primary N) is 2. The molecule has 0 amide bonds. The van der Waals surface area contributed by atoms with Gasteiger partial charge < -0.3 is 57.6 Å². The maximum atomic E-state index is 14.2. The van der Waals surface area contributed by atoms with Crippen LogP contribution in [0.5, 0.6) is 17.2 Å². The highest BCUT2D eigenvalue weighted by atomic mass is 35.5. The molecule has 3 aromatic heterocycles. The number of hydrogen-bond donors (Lipinski definition) is 8. The predicted octanol–water partition coefficient (Wildman–Crippen LogP) is 14.1. The van der Waals surface area contributed by atoms with Crippen LogP contribution in [0.1, 0.15) is 136 Å². The maximum Gasteiger partial charge on any atom is 0.233 e. The molecule has 5 aliphatic rings. The van der Waals surface area contributed by atoms with E-state index < -0.39 is 17.5 Å². The largest absolute Gasteiger partial charge is 0.494 e. The summed E-state index contributed by atoms with van der Waals surface area (Å²) >= 11 is 17.2. The van der Waals surface area contributed by atoms with Crippen molar-refractivity contribution in [3.8, 4) is 17.2 Å². The molecular weight excluding hydrogens is 1260 g/mol. The smallest absolute Gasteiger partial charge is 0.233 e. The molecule has 510 valence electrons. The van der Waals surface area contributed by atoms with Gasteiger partial charge in [0.1, 0.15) is 0 Å². The highest BCUT2D eigenvalue weighted by molar-refractivity contribution is 6.31. The summed E-state index contributed by atoms with van der Waals surface area (Å²) in [5.41, 5.74) is 12.5. The Morgan fingerprint density at radius 2 is 0.742 bits per heavy atom. The first-order valence-electron chi connectivity index (χ1n) is 32.8. The number of hydrogen-bond acceptors (Lipinski definition) is 22. The van der Waals surface area contributed by atoms with Crippen molar-refractivity contribution in [1.29, 1.82) is 0 Å². The quantitative estimate of drug-likeness (QED) is 0.0314. The highest BCUT2D eigenvalue weighted by Gasteiger charge is 2.24. The third kappa shape index (κ3) is 25.2. The fraction of sp³-hybridized carbons (Fsp3) is 0.585. The van der Waals surface area contributed by atoms with Crippen molar-refractivity contribution in [3.63, 3.8) is 0 Å². The lowest BCUT2D eigenvalue weighted by molar-refractivity contribution is 0.272. The van der Waals surface area contributed by atoms with Crippen LogP contribution in [0.2, 0.25) is 15.9 Å². The summed E-state index contributed by atoms with van der Waals surface area (Å²) in [6.45, 7) is 13.2. The molecule has 0 radical (unpaired) electrons. The Morgan fingerprint density at radius 1 is 0.409 bits per heavy atom. The van der Waals surface area contributed by atoms with Gasteiger partial charge in [-0.3, -0.25) is 9.80 Å². The minimum atomic E-state index is -0.506. The van der Waals surface area contributed by atoms with Crippen molar-refractivity contribution in [1.82, 2.24) is 54.7 Å². The number of likely N-dealkylation sites (tertiary alicyclic amines) is 2. The van der Waals surface area contributed by atoms with Crippen LogP contribution in [0, 0.1) is 35.2 Å².